The number of hydrogen-bond donors (Lipinski definition) is 3. The van der Waals surface area contributed by atoms with Crippen molar-refractivity contribution in [1.82, 2.24) is 16.2 Å². The molecule has 2 amide bonds. The van der Waals surface area contributed by atoms with E-state index in [0.717, 1.165) is 12.8 Å². The zero-order chi connectivity index (χ0) is 20.3. The van der Waals surface area contributed by atoms with E-state index < -0.39 is 5.54 Å². The number of carbonyl (C=O) groups excluding carboxylic acids is 2. The fourth-order valence-corrected chi connectivity index (χ4v) is 3.68. The number of hydrazine groups is 1. The minimum atomic E-state index is -0.778. The van der Waals surface area contributed by atoms with Crippen molar-refractivity contribution in [3.63, 3.8) is 0 Å². The first-order chi connectivity index (χ1) is 12.4. The van der Waals surface area contributed by atoms with Crippen molar-refractivity contribution in [2.75, 3.05) is 0 Å². The van der Waals surface area contributed by atoms with Crippen molar-refractivity contribution in [1.29, 1.82) is 0 Å². The lowest BCUT2D eigenvalue weighted by molar-refractivity contribution is -0.131. The molecule has 0 saturated heterocycles. The topological polar surface area (TPSA) is 70.2 Å². The monoisotopic (exact) mass is 373 g/mol. The summed E-state index contributed by atoms with van der Waals surface area (Å²) in [4.78, 5) is 25.6. The van der Waals surface area contributed by atoms with Crippen LogP contribution in [0.2, 0.25) is 0 Å². The molecule has 0 spiro atoms. The Hall–Kier alpha value is -1.88. The average molecular weight is 374 g/mol. The highest BCUT2D eigenvalue weighted by atomic mass is 16.2. The predicted octanol–water partition coefficient (Wildman–Crippen LogP) is 3.81. The molecule has 1 aliphatic carbocycles. The quantitative estimate of drug-likeness (QED) is 0.703. The van der Waals surface area contributed by atoms with Gasteiger partial charge in [0.2, 0.25) is 5.91 Å². The van der Waals surface area contributed by atoms with E-state index >= 15 is 0 Å². The van der Waals surface area contributed by atoms with Gasteiger partial charge < -0.3 is 5.32 Å². The van der Waals surface area contributed by atoms with Crippen molar-refractivity contribution in [3.05, 3.63) is 35.9 Å². The summed E-state index contributed by atoms with van der Waals surface area (Å²) in [6, 6.07) is 9.04. The van der Waals surface area contributed by atoms with Gasteiger partial charge in [-0.05, 0) is 69.9 Å². The molecule has 1 aliphatic rings. The van der Waals surface area contributed by atoms with Crippen LogP contribution >= 0.6 is 0 Å². The normalized spacial score (nSPS) is 23.6. The van der Waals surface area contributed by atoms with Gasteiger partial charge in [0.25, 0.3) is 5.91 Å². The van der Waals surface area contributed by atoms with Gasteiger partial charge in [0.1, 0.15) is 5.54 Å². The van der Waals surface area contributed by atoms with Crippen LogP contribution in [-0.2, 0) is 4.79 Å². The molecule has 0 atom stereocenters. The number of nitrogens with one attached hydrogen (secondary N) is 3. The molecule has 5 heteroatoms. The third-order valence-electron chi connectivity index (χ3n) is 5.44. The third-order valence-corrected chi connectivity index (χ3v) is 5.44. The first-order valence-corrected chi connectivity index (χ1v) is 9.88. The lowest BCUT2D eigenvalue weighted by atomic mass is 9.67. The van der Waals surface area contributed by atoms with Crippen molar-refractivity contribution >= 4 is 11.8 Å². The minimum absolute atomic E-state index is 0.0456. The summed E-state index contributed by atoms with van der Waals surface area (Å²) < 4.78 is 0. The highest BCUT2D eigenvalue weighted by Gasteiger charge is 2.45. The summed E-state index contributed by atoms with van der Waals surface area (Å²) in [6.07, 6.45) is 3.31. The standard InChI is InChI=1S/C22H35N3O2/c1-20(2,3)17-12-14-22(15-13-17,19(27)23-21(4,5)6)25-24-18(26)16-10-8-7-9-11-16/h7-11,17,25H,12-15H2,1-6H3,(H,23,27)(H,24,26). The van der Waals surface area contributed by atoms with Crippen LogP contribution in [0.15, 0.2) is 30.3 Å². The fraction of sp³-hybridized carbons (Fsp3) is 0.636. The molecular weight excluding hydrogens is 338 g/mol. The van der Waals surface area contributed by atoms with Crippen LogP contribution in [-0.4, -0.2) is 22.9 Å². The highest BCUT2D eigenvalue weighted by Crippen LogP contribution is 2.41. The summed E-state index contributed by atoms with van der Waals surface area (Å²) in [5.74, 6) is 0.298. The lowest BCUT2D eigenvalue weighted by Gasteiger charge is -2.44. The van der Waals surface area contributed by atoms with E-state index in [1.807, 2.05) is 39.0 Å². The molecule has 2 rings (SSSR count). The maximum Gasteiger partial charge on any atom is 0.265 e. The smallest absolute Gasteiger partial charge is 0.265 e. The van der Waals surface area contributed by atoms with Crippen LogP contribution in [0.4, 0.5) is 0 Å². The SMILES string of the molecule is CC(C)(C)NC(=O)C1(NNC(=O)c2ccccc2)CCC(C(C)(C)C)CC1. The van der Waals surface area contributed by atoms with Gasteiger partial charge in [-0.15, -0.1) is 0 Å². The van der Waals surface area contributed by atoms with Crippen LogP contribution in [0.3, 0.4) is 0 Å². The van der Waals surface area contributed by atoms with Gasteiger partial charge >= 0.3 is 0 Å². The third kappa shape index (κ3) is 5.80. The average Bonchev–Trinajstić information content (AvgIpc) is 2.58. The Morgan fingerprint density at radius 3 is 2.00 bits per heavy atom. The number of rotatable bonds is 4. The summed E-state index contributed by atoms with van der Waals surface area (Å²) in [5, 5.41) is 3.09. The molecule has 3 N–H and O–H groups in total. The van der Waals surface area contributed by atoms with E-state index in [1.54, 1.807) is 12.1 Å². The van der Waals surface area contributed by atoms with Crippen molar-refractivity contribution in [2.45, 2.75) is 78.3 Å². The van der Waals surface area contributed by atoms with Crippen molar-refractivity contribution < 1.29 is 9.59 Å². The fourth-order valence-electron chi connectivity index (χ4n) is 3.68. The summed E-state index contributed by atoms with van der Waals surface area (Å²) in [7, 11) is 0. The van der Waals surface area contributed by atoms with Crippen LogP contribution < -0.4 is 16.2 Å². The second-order valence-corrected chi connectivity index (χ2v) is 9.87. The summed E-state index contributed by atoms with van der Waals surface area (Å²) in [6.45, 7) is 12.7. The number of amides is 2. The molecule has 5 nitrogen and oxygen atoms in total. The molecule has 0 unspecified atom stereocenters. The number of hydrogen-bond acceptors (Lipinski definition) is 3. The van der Waals surface area contributed by atoms with Crippen LogP contribution in [0.1, 0.15) is 77.6 Å². The first kappa shape index (κ1) is 21.4. The van der Waals surface area contributed by atoms with Crippen LogP contribution in [0.5, 0.6) is 0 Å². The zero-order valence-electron chi connectivity index (χ0n) is 17.6. The zero-order valence-corrected chi connectivity index (χ0v) is 17.6. The maximum atomic E-state index is 13.1. The summed E-state index contributed by atoms with van der Waals surface area (Å²) in [5.41, 5.74) is 5.59. The Balaban J connectivity index is 2.13. The summed E-state index contributed by atoms with van der Waals surface area (Å²) >= 11 is 0. The lowest BCUT2D eigenvalue weighted by Crippen LogP contribution is -2.65. The molecule has 0 heterocycles. The van der Waals surface area contributed by atoms with Gasteiger partial charge in [-0.25, -0.2) is 5.43 Å². The molecule has 1 aromatic carbocycles. The van der Waals surface area contributed by atoms with Crippen molar-refractivity contribution in [2.24, 2.45) is 11.3 Å². The first-order valence-electron chi connectivity index (χ1n) is 9.88. The second kappa shape index (κ2) is 8.01. The molecule has 1 aromatic rings. The molecule has 0 aliphatic heterocycles. The number of benzene rings is 1. The molecule has 1 saturated carbocycles. The van der Waals surface area contributed by atoms with E-state index in [4.69, 9.17) is 0 Å². The van der Waals surface area contributed by atoms with Gasteiger partial charge in [0.05, 0.1) is 0 Å². The second-order valence-electron chi connectivity index (χ2n) is 9.87. The number of carbonyl (C=O) groups is 2. The van der Waals surface area contributed by atoms with Crippen LogP contribution in [0.25, 0.3) is 0 Å². The van der Waals surface area contributed by atoms with E-state index in [9.17, 15) is 9.59 Å². The van der Waals surface area contributed by atoms with Gasteiger partial charge in [0.15, 0.2) is 0 Å². The molecule has 1 fully saturated rings. The van der Waals surface area contributed by atoms with Gasteiger partial charge in [-0.2, -0.15) is 0 Å². The molecule has 0 bridgehead atoms. The highest BCUT2D eigenvalue weighted by molar-refractivity contribution is 5.94. The van der Waals surface area contributed by atoms with Gasteiger partial charge in [-0.3, -0.25) is 15.0 Å². The molecular formula is C22H35N3O2. The Labute approximate surface area is 163 Å². The Morgan fingerprint density at radius 2 is 1.52 bits per heavy atom. The Bertz CT molecular complexity index is 648. The molecule has 0 radical (unpaired) electrons. The predicted molar refractivity (Wildman–Crippen MR) is 109 cm³/mol. The Kier molecular flexibility index (Phi) is 6.35. The van der Waals surface area contributed by atoms with Crippen molar-refractivity contribution in [3.8, 4) is 0 Å². The largest absolute Gasteiger partial charge is 0.350 e. The van der Waals surface area contributed by atoms with Gasteiger partial charge in [-0.1, -0.05) is 39.0 Å². The molecule has 150 valence electrons. The minimum Gasteiger partial charge on any atom is -0.350 e. The van der Waals surface area contributed by atoms with Gasteiger partial charge in [0, 0.05) is 11.1 Å². The van der Waals surface area contributed by atoms with E-state index in [-0.39, 0.29) is 22.8 Å². The molecule has 0 aromatic heterocycles. The maximum absolute atomic E-state index is 13.1. The molecule has 27 heavy (non-hydrogen) atoms. The Morgan fingerprint density at radius 1 is 0.963 bits per heavy atom. The van der Waals surface area contributed by atoms with E-state index in [1.165, 1.54) is 0 Å². The van der Waals surface area contributed by atoms with Crippen LogP contribution in [0, 0.1) is 11.3 Å². The van der Waals surface area contributed by atoms with E-state index in [2.05, 4.69) is 36.9 Å². The van der Waals surface area contributed by atoms with E-state index in [0.29, 0.717) is 24.3 Å².